The van der Waals surface area contributed by atoms with Gasteiger partial charge in [-0.3, -0.25) is 10.1 Å². The van der Waals surface area contributed by atoms with Gasteiger partial charge >= 0.3 is 0 Å². The van der Waals surface area contributed by atoms with Crippen LogP contribution in [0.3, 0.4) is 0 Å². The van der Waals surface area contributed by atoms with Crippen LogP contribution in [0.15, 0.2) is 0 Å². The van der Waals surface area contributed by atoms with Gasteiger partial charge in [0.2, 0.25) is 0 Å². The Labute approximate surface area is 87.8 Å². The maximum absolute atomic E-state index is 12.1. The van der Waals surface area contributed by atoms with Gasteiger partial charge in [-0.15, -0.1) is 0 Å². The Morgan fingerprint density at radius 2 is 1.86 bits per heavy atom. The van der Waals surface area contributed by atoms with Crippen molar-refractivity contribution in [2.75, 3.05) is 7.05 Å². The molecule has 0 rings (SSSR count). The Morgan fingerprint density at radius 1 is 1.36 bits per heavy atom. The first kappa shape index (κ1) is 14.1. The second kappa shape index (κ2) is 5.86. The molecule has 0 aromatic heterocycles. The number of nitrogens with one attached hydrogen (secondary N) is 1. The molecule has 0 bridgehead atoms. The molecular formula is C9H24N3OP. The highest BCUT2D eigenvalue weighted by atomic mass is 31.2. The molecule has 0 fully saturated rings. The summed E-state index contributed by atoms with van der Waals surface area (Å²) in [6.07, 6.45) is 1.87. The molecule has 0 aliphatic rings. The smallest absolute Gasteiger partial charge is 0.271 e. The van der Waals surface area contributed by atoms with E-state index in [0.29, 0.717) is 0 Å². The van der Waals surface area contributed by atoms with Crippen LogP contribution in [0, 0.1) is 0 Å². The molecule has 0 heterocycles. The van der Waals surface area contributed by atoms with Gasteiger partial charge in [0, 0.05) is 12.1 Å². The molecule has 0 radical (unpaired) electrons. The van der Waals surface area contributed by atoms with Gasteiger partial charge < -0.3 is 0 Å². The van der Waals surface area contributed by atoms with Crippen molar-refractivity contribution in [2.24, 2.45) is 5.50 Å². The Hall–Kier alpha value is 0.110. The third-order valence-electron chi connectivity index (χ3n) is 2.72. The first-order valence-corrected chi connectivity index (χ1v) is 6.97. The van der Waals surface area contributed by atoms with E-state index in [0.717, 1.165) is 12.8 Å². The number of nitrogens with zero attached hydrogens (tertiary/aromatic N) is 1. The Kier molecular flexibility index (Phi) is 5.91. The Balaban J connectivity index is 4.37. The van der Waals surface area contributed by atoms with Gasteiger partial charge in [-0.2, -0.15) is 0 Å². The normalized spacial score (nSPS) is 20.5. The molecule has 3 N–H and O–H groups in total. The molecule has 0 spiro atoms. The summed E-state index contributed by atoms with van der Waals surface area (Å²) in [5.41, 5.74) is 5.78. The van der Waals surface area contributed by atoms with E-state index >= 15 is 0 Å². The molecule has 0 saturated carbocycles. The van der Waals surface area contributed by atoms with Crippen LogP contribution in [-0.2, 0) is 4.57 Å². The zero-order valence-electron chi connectivity index (χ0n) is 9.95. The molecule has 14 heavy (non-hydrogen) atoms. The summed E-state index contributed by atoms with van der Waals surface area (Å²) >= 11 is 0. The predicted molar refractivity (Wildman–Crippen MR) is 62.2 cm³/mol. The Bertz CT molecular complexity index is 210. The van der Waals surface area contributed by atoms with Gasteiger partial charge in [-0.05, 0) is 33.7 Å². The first-order chi connectivity index (χ1) is 6.35. The maximum Gasteiger partial charge on any atom is 0.279 e. The minimum Gasteiger partial charge on any atom is -0.271 e. The van der Waals surface area contributed by atoms with Crippen molar-refractivity contribution < 1.29 is 4.57 Å². The highest BCUT2D eigenvalue weighted by Crippen LogP contribution is 2.38. The van der Waals surface area contributed by atoms with E-state index < -0.39 is 7.59 Å². The van der Waals surface area contributed by atoms with E-state index in [9.17, 15) is 4.57 Å². The van der Waals surface area contributed by atoms with Crippen molar-refractivity contribution in [1.29, 1.82) is 0 Å². The fraction of sp³-hybridized carbons (Fsp3) is 1.00. The van der Waals surface area contributed by atoms with Crippen LogP contribution in [0.5, 0.6) is 0 Å². The average molecular weight is 221 g/mol. The van der Waals surface area contributed by atoms with Crippen LogP contribution < -0.4 is 10.6 Å². The minimum atomic E-state index is -2.85. The molecule has 0 aliphatic heterocycles. The summed E-state index contributed by atoms with van der Waals surface area (Å²) < 4.78 is 13.8. The van der Waals surface area contributed by atoms with Crippen molar-refractivity contribution in [3.05, 3.63) is 0 Å². The number of hydrogen-bond acceptors (Lipinski definition) is 1. The molecule has 0 aliphatic carbocycles. The van der Waals surface area contributed by atoms with Crippen LogP contribution in [0.1, 0.15) is 40.5 Å². The molecule has 5 heteroatoms. The number of hydrogen-bond donors (Lipinski definition) is 2. The van der Waals surface area contributed by atoms with Gasteiger partial charge in [0.15, 0.2) is 0 Å². The first-order valence-electron chi connectivity index (χ1n) is 5.24. The summed E-state index contributed by atoms with van der Waals surface area (Å²) in [5, 5.41) is 2.98. The maximum atomic E-state index is 12.1. The third kappa shape index (κ3) is 4.09. The molecule has 0 saturated heterocycles. The second-order valence-electron chi connectivity index (χ2n) is 3.89. The molecular weight excluding hydrogens is 197 g/mol. The van der Waals surface area contributed by atoms with Gasteiger partial charge in [0.1, 0.15) is 0 Å². The zero-order valence-corrected chi connectivity index (χ0v) is 10.8. The Morgan fingerprint density at radius 3 is 2.21 bits per heavy atom. The highest BCUT2D eigenvalue weighted by Gasteiger charge is 2.26. The van der Waals surface area contributed by atoms with Gasteiger partial charge in [0.05, 0.1) is 0 Å². The van der Waals surface area contributed by atoms with E-state index in [1.807, 2.05) is 27.8 Å². The predicted octanol–water partition coefficient (Wildman–Crippen LogP) is 2.17. The molecule has 4 nitrogen and oxygen atoms in total. The summed E-state index contributed by atoms with van der Waals surface area (Å²) in [4.78, 5) is 0. The molecule has 0 aromatic rings. The summed E-state index contributed by atoms with van der Waals surface area (Å²) in [7, 11) is -1.04. The molecule has 86 valence electrons. The molecule has 3 unspecified atom stereocenters. The lowest BCUT2D eigenvalue weighted by Gasteiger charge is -2.31. The van der Waals surface area contributed by atoms with Crippen LogP contribution in [0.4, 0.5) is 0 Å². The highest BCUT2D eigenvalue weighted by molar-refractivity contribution is 7.56. The third-order valence-corrected chi connectivity index (χ3v) is 4.86. The second-order valence-corrected chi connectivity index (χ2v) is 6.03. The average Bonchev–Trinajstić information content (AvgIpc) is 2.14. The van der Waals surface area contributed by atoms with E-state index in [4.69, 9.17) is 5.50 Å². The van der Waals surface area contributed by atoms with Crippen LogP contribution in [-0.4, -0.2) is 23.8 Å². The van der Waals surface area contributed by atoms with Crippen LogP contribution >= 0.6 is 7.59 Å². The SMILES string of the molecule is CCC(C)NP(N)(=O)N(C)C(C)CC. The molecule has 3 atom stereocenters. The van der Waals surface area contributed by atoms with Gasteiger partial charge in [0.25, 0.3) is 7.59 Å². The molecule has 0 amide bonds. The monoisotopic (exact) mass is 221 g/mol. The number of rotatable bonds is 6. The van der Waals surface area contributed by atoms with Crippen molar-refractivity contribution >= 4 is 7.59 Å². The summed E-state index contributed by atoms with van der Waals surface area (Å²) in [5.74, 6) is 0. The van der Waals surface area contributed by atoms with Crippen LogP contribution in [0.2, 0.25) is 0 Å². The van der Waals surface area contributed by atoms with Crippen molar-refractivity contribution in [2.45, 2.75) is 52.6 Å². The quantitative estimate of drug-likeness (QED) is 0.675. The van der Waals surface area contributed by atoms with Gasteiger partial charge in [-0.1, -0.05) is 13.8 Å². The fourth-order valence-corrected chi connectivity index (χ4v) is 2.80. The van der Waals surface area contributed by atoms with E-state index in [1.165, 1.54) is 0 Å². The van der Waals surface area contributed by atoms with E-state index in [-0.39, 0.29) is 12.1 Å². The van der Waals surface area contributed by atoms with Crippen molar-refractivity contribution in [3.63, 3.8) is 0 Å². The fourth-order valence-electron chi connectivity index (χ4n) is 1.06. The van der Waals surface area contributed by atoms with E-state index in [1.54, 1.807) is 4.67 Å². The van der Waals surface area contributed by atoms with Crippen LogP contribution in [0.25, 0.3) is 0 Å². The van der Waals surface area contributed by atoms with Crippen molar-refractivity contribution in [3.8, 4) is 0 Å². The summed E-state index contributed by atoms with van der Waals surface area (Å²) in [6, 6.07) is 0.430. The number of nitrogens with two attached hydrogens (primary N) is 1. The van der Waals surface area contributed by atoms with Gasteiger partial charge in [-0.25, -0.2) is 9.76 Å². The lowest BCUT2D eigenvalue weighted by atomic mass is 10.3. The lowest BCUT2D eigenvalue weighted by molar-refractivity contribution is 0.367. The van der Waals surface area contributed by atoms with E-state index in [2.05, 4.69) is 12.0 Å². The van der Waals surface area contributed by atoms with Crippen molar-refractivity contribution in [1.82, 2.24) is 9.76 Å². The molecule has 0 aromatic carbocycles. The standard InChI is InChI=1S/C9H24N3OP/c1-6-8(3)11-14(10,13)12(5)9(4)7-2/h8-9H,6-7H2,1-5H3,(H3,10,11,13). The topological polar surface area (TPSA) is 58.4 Å². The minimum absolute atomic E-state index is 0.192. The lowest BCUT2D eigenvalue weighted by Crippen LogP contribution is -2.38. The largest absolute Gasteiger partial charge is 0.279 e. The summed E-state index contributed by atoms with van der Waals surface area (Å²) in [6.45, 7) is 8.12. The zero-order chi connectivity index (χ0) is 11.4.